The lowest BCUT2D eigenvalue weighted by Crippen LogP contribution is -2.27. The van der Waals surface area contributed by atoms with Crippen molar-refractivity contribution in [1.82, 2.24) is 15.7 Å². The minimum Gasteiger partial charge on any atom is -0.431 e. The first kappa shape index (κ1) is 22.6. The zero-order valence-corrected chi connectivity index (χ0v) is 18.5. The highest BCUT2D eigenvalue weighted by atomic mass is 32.2. The second kappa shape index (κ2) is 10.3. The molecule has 0 radical (unpaired) electrons. The molecular formula is C21H16N4O6S2. The van der Waals surface area contributed by atoms with Gasteiger partial charge in [0.2, 0.25) is 5.91 Å². The summed E-state index contributed by atoms with van der Waals surface area (Å²) in [4.78, 5) is 50.8. The Morgan fingerprint density at radius 3 is 2.73 bits per heavy atom. The summed E-state index contributed by atoms with van der Waals surface area (Å²) in [6, 6.07) is 13.7. The van der Waals surface area contributed by atoms with E-state index in [0.29, 0.717) is 16.4 Å². The van der Waals surface area contributed by atoms with Gasteiger partial charge in [-0.05, 0) is 42.0 Å². The van der Waals surface area contributed by atoms with Crippen molar-refractivity contribution in [3.05, 3.63) is 54.1 Å². The maximum Gasteiger partial charge on any atom is 0.312 e. The normalized spacial score (nSPS) is 15.7. The molecule has 3 aromatic rings. The number of thioether (sulfide) groups is 2. The molecular weight excluding hydrogens is 468 g/mol. The van der Waals surface area contributed by atoms with Crippen LogP contribution in [0.5, 0.6) is 5.75 Å². The highest BCUT2D eigenvalue weighted by molar-refractivity contribution is 8.15. The molecule has 2 heterocycles. The number of carbonyl (C=O) groups is 4. The molecule has 1 aliphatic rings. The van der Waals surface area contributed by atoms with Crippen molar-refractivity contribution >= 4 is 63.9 Å². The standard InChI is InChI=1S/C21H16N4O6S2/c26-17(11-32-21-23-14-3-1-2-4-15(14)31-21)25-22-10-12-5-7-13(8-6-12)30-18(27)9-16-19(28)24-20(29)33-16/h1-8,10,16H,9,11H2,(H,25,26)(H,24,28,29)/b22-10-/t16-/m0/s1. The molecule has 0 spiro atoms. The molecule has 1 saturated heterocycles. The lowest BCUT2D eigenvalue weighted by molar-refractivity contribution is -0.135. The second-order valence-electron chi connectivity index (χ2n) is 6.66. The fourth-order valence-corrected chi connectivity index (χ4v) is 4.16. The predicted octanol–water partition coefficient (Wildman–Crippen LogP) is 2.72. The Balaban J connectivity index is 1.20. The number of carbonyl (C=O) groups excluding carboxylic acids is 4. The largest absolute Gasteiger partial charge is 0.431 e. The van der Waals surface area contributed by atoms with Gasteiger partial charge in [-0.15, -0.1) is 0 Å². The molecule has 0 aliphatic carbocycles. The van der Waals surface area contributed by atoms with Crippen LogP contribution < -0.4 is 15.5 Å². The average molecular weight is 485 g/mol. The van der Waals surface area contributed by atoms with E-state index in [9.17, 15) is 19.2 Å². The number of nitrogens with zero attached hydrogens (tertiary/aromatic N) is 2. The van der Waals surface area contributed by atoms with Crippen molar-refractivity contribution in [2.24, 2.45) is 5.10 Å². The molecule has 1 fully saturated rings. The van der Waals surface area contributed by atoms with Gasteiger partial charge in [-0.3, -0.25) is 24.5 Å². The first-order chi connectivity index (χ1) is 16.0. The number of aromatic nitrogens is 1. The number of para-hydroxylation sites is 2. The van der Waals surface area contributed by atoms with E-state index < -0.39 is 22.4 Å². The third-order valence-corrected chi connectivity index (χ3v) is 6.04. The van der Waals surface area contributed by atoms with Crippen LogP contribution in [0.3, 0.4) is 0 Å². The fourth-order valence-electron chi connectivity index (χ4n) is 2.73. The van der Waals surface area contributed by atoms with Gasteiger partial charge in [-0.2, -0.15) is 5.10 Å². The van der Waals surface area contributed by atoms with E-state index in [0.717, 1.165) is 29.0 Å². The molecule has 33 heavy (non-hydrogen) atoms. The minimum atomic E-state index is -0.777. The number of imide groups is 1. The predicted molar refractivity (Wildman–Crippen MR) is 122 cm³/mol. The molecule has 1 atom stereocenters. The zero-order valence-electron chi connectivity index (χ0n) is 16.8. The number of rotatable bonds is 8. The Hall–Kier alpha value is -3.64. The third kappa shape index (κ3) is 6.20. The first-order valence-corrected chi connectivity index (χ1v) is 11.5. The number of hydrogen-bond donors (Lipinski definition) is 2. The van der Waals surface area contributed by atoms with Crippen molar-refractivity contribution in [3.8, 4) is 5.75 Å². The number of oxazole rings is 1. The number of amides is 3. The Labute approximate surface area is 195 Å². The van der Waals surface area contributed by atoms with Crippen LogP contribution in [0.1, 0.15) is 12.0 Å². The summed E-state index contributed by atoms with van der Waals surface area (Å²) in [5.41, 5.74) is 4.47. The smallest absolute Gasteiger partial charge is 0.312 e. The van der Waals surface area contributed by atoms with Gasteiger partial charge in [-0.25, -0.2) is 10.4 Å². The molecule has 1 aromatic heterocycles. The Morgan fingerprint density at radius 2 is 2.00 bits per heavy atom. The van der Waals surface area contributed by atoms with Crippen molar-refractivity contribution in [3.63, 3.8) is 0 Å². The maximum absolute atomic E-state index is 12.0. The molecule has 168 valence electrons. The van der Waals surface area contributed by atoms with Gasteiger partial charge >= 0.3 is 5.97 Å². The van der Waals surface area contributed by atoms with Crippen LogP contribution in [-0.2, 0) is 14.4 Å². The van der Waals surface area contributed by atoms with Gasteiger partial charge in [0.25, 0.3) is 16.4 Å². The molecule has 3 amide bonds. The van der Waals surface area contributed by atoms with Gasteiger partial charge in [0.1, 0.15) is 16.5 Å². The average Bonchev–Trinajstić information content (AvgIpc) is 3.35. The van der Waals surface area contributed by atoms with Crippen LogP contribution in [0.15, 0.2) is 63.3 Å². The lowest BCUT2D eigenvalue weighted by atomic mass is 10.2. The highest BCUT2D eigenvalue weighted by Gasteiger charge is 2.33. The van der Waals surface area contributed by atoms with Gasteiger partial charge in [0, 0.05) is 0 Å². The Kier molecular flexibility index (Phi) is 7.05. The molecule has 2 N–H and O–H groups in total. The van der Waals surface area contributed by atoms with E-state index in [1.54, 1.807) is 30.3 Å². The molecule has 1 aliphatic heterocycles. The van der Waals surface area contributed by atoms with E-state index in [-0.39, 0.29) is 23.8 Å². The van der Waals surface area contributed by atoms with Gasteiger partial charge < -0.3 is 9.15 Å². The van der Waals surface area contributed by atoms with E-state index in [1.165, 1.54) is 6.21 Å². The van der Waals surface area contributed by atoms with Crippen LogP contribution >= 0.6 is 23.5 Å². The minimum absolute atomic E-state index is 0.0853. The zero-order chi connectivity index (χ0) is 23.2. The number of ether oxygens (including phenoxy) is 1. The van der Waals surface area contributed by atoms with Crippen LogP contribution in [-0.4, -0.2) is 45.2 Å². The number of hydrogen-bond acceptors (Lipinski definition) is 10. The van der Waals surface area contributed by atoms with Crippen LogP contribution in [0.25, 0.3) is 11.1 Å². The van der Waals surface area contributed by atoms with Crippen molar-refractivity contribution < 1.29 is 28.3 Å². The highest BCUT2D eigenvalue weighted by Crippen LogP contribution is 2.24. The number of hydrazone groups is 1. The number of esters is 1. The van der Waals surface area contributed by atoms with Gasteiger partial charge in [0.15, 0.2) is 5.58 Å². The summed E-state index contributed by atoms with van der Waals surface area (Å²) >= 11 is 1.93. The van der Waals surface area contributed by atoms with Crippen molar-refractivity contribution in [2.75, 3.05) is 5.75 Å². The van der Waals surface area contributed by atoms with Crippen LogP contribution in [0.2, 0.25) is 0 Å². The van der Waals surface area contributed by atoms with Crippen LogP contribution in [0, 0.1) is 0 Å². The summed E-state index contributed by atoms with van der Waals surface area (Å²) < 4.78 is 10.7. The lowest BCUT2D eigenvalue weighted by Gasteiger charge is -2.06. The van der Waals surface area contributed by atoms with Crippen molar-refractivity contribution in [1.29, 1.82) is 0 Å². The number of nitrogens with one attached hydrogen (secondary N) is 2. The molecule has 0 bridgehead atoms. The Morgan fingerprint density at radius 1 is 1.21 bits per heavy atom. The van der Waals surface area contributed by atoms with Gasteiger partial charge in [-0.1, -0.05) is 35.7 Å². The summed E-state index contributed by atoms with van der Waals surface area (Å²) in [7, 11) is 0. The van der Waals surface area contributed by atoms with E-state index in [1.807, 2.05) is 18.2 Å². The van der Waals surface area contributed by atoms with E-state index in [2.05, 4.69) is 20.8 Å². The van der Waals surface area contributed by atoms with Crippen molar-refractivity contribution in [2.45, 2.75) is 16.9 Å². The quantitative estimate of drug-likeness (QED) is 0.162. The molecule has 2 aromatic carbocycles. The SMILES string of the molecule is O=C(CSc1nc2ccccc2o1)N/N=C\c1ccc(OC(=O)C[C@@H]2SC(=O)NC2=O)cc1. The molecule has 0 saturated carbocycles. The van der Waals surface area contributed by atoms with E-state index >= 15 is 0 Å². The third-order valence-electron chi connectivity index (χ3n) is 4.23. The molecule has 4 rings (SSSR count). The first-order valence-electron chi connectivity index (χ1n) is 9.59. The summed E-state index contributed by atoms with van der Waals surface area (Å²) in [6.45, 7) is 0. The topological polar surface area (TPSA) is 140 Å². The number of benzene rings is 2. The maximum atomic E-state index is 12.0. The van der Waals surface area contributed by atoms with Crippen LogP contribution in [0.4, 0.5) is 4.79 Å². The molecule has 12 heteroatoms. The van der Waals surface area contributed by atoms with E-state index in [4.69, 9.17) is 9.15 Å². The monoisotopic (exact) mass is 484 g/mol. The summed E-state index contributed by atoms with van der Waals surface area (Å²) in [6.07, 6.45) is 1.23. The van der Waals surface area contributed by atoms with Gasteiger partial charge in [0.05, 0.1) is 18.4 Å². The number of fused-ring (bicyclic) bond motifs is 1. The fraction of sp³-hybridized carbons (Fsp3) is 0.143. The summed E-state index contributed by atoms with van der Waals surface area (Å²) in [5.74, 6) is -1.07. The molecule has 0 unspecified atom stereocenters. The summed E-state index contributed by atoms with van der Waals surface area (Å²) in [5, 5.41) is 5.16. The Bertz CT molecular complexity index is 1210. The second-order valence-corrected chi connectivity index (χ2v) is 8.76. The molecule has 10 nitrogen and oxygen atoms in total.